The molecule has 0 saturated carbocycles. The standard InChI is InChI=1S/C14H18/c1-2-4-6-8-10-12-14-13-11-9-7-5-3-1/h1-4,7-11,13H,5-6,12,14H2/b3-1-,4-2+,9-7-,10-8?,13-11+. The van der Waals surface area contributed by atoms with E-state index in [-0.39, 0.29) is 0 Å². The Kier molecular flexibility index (Phi) is 6.39. The molecular formula is C14H18. The van der Waals surface area contributed by atoms with Crippen molar-refractivity contribution in [2.24, 2.45) is 0 Å². The highest BCUT2D eigenvalue weighted by molar-refractivity contribution is 5.10. The van der Waals surface area contributed by atoms with Gasteiger partial charge in [0.1, 0.15) is 0 Å². The van der Waals surface area contributed by atoms with Crippen LogP contribution in [0.3, 0.4) is 0 Å². The summed E-state index contributed by atoms with van der Waals surface area (Å²) in [5.41, 5.74) is 0. The van der Waals surface area contributed by atoms with Crippen LogP contribution in [0.2, 0.25) is 0 Å². The second kappa shape index (κ2) is 8.31. The number of hydrogen-bond donors (Lipinski definition) is 0. The van der Waals surface area contributed by atoms with Crippen molar-refractivity contribution in [3.63, 3.8) is 0 Å². The van der Waals surface area contributed by atoms with Gasteiger partial charge in [-0.3, -0.25) is 0 Å². The van der Waals surface area contributed by atoms with Gasteiger partial charge in [0.2, 0.25) is 0 Å². The molecule has 1 aliphatic rings. The second-order valence-corrected chi connectivity index (χ2v) is 3.23. The Bertz CT molecular complexity index is 262. The maximum Gasteiger partial charge on any atom is -0.0163 e. The summed E-state index contributed by atoms with van der Waals surface area (Å²) in [4.78, 5) is 0. The third-order valence-corrected chi connectivity index (χ3v) is 1.98. The van der Waals surface area contributed by atoms with E-state index in [0.29, 0.717) is 0 Å². The maximum absolute atomic E-state index is 2.24. The molecule has 0 fully saturated rings. The van der Waals surface area contributed by atoms with Crippen LogP contribution in [-0.4, -0.2) is 0 Å². The molecule has 0 bridgehead atoms. The van der Waals surface area contributed by atoms with Crippen LogP contribution >= 0.6 is 0 Å². The molecule has 0 heterocycles. The zero-order valence-electron chi connectivity index (χ0n) is 8.60. The molecule has 0 saturated heterocycles. The molecule has 0 radical (unpaired) electrons. The predicted molar refractivity (Wildman–Crippen MR) is 64.2 cm³/mol. The molecule has 0 nitrogen and oxygen atoms in total. The minimum Gasteiger partial charge on any atom is -0.0879 e. The fraction of sp³-hybridized carbons (Fsp3) is 0.286. The Morgan fingerprint density at radius 1 is 0.429 bits per heavy atom. The van der Waals surface area contributed by atoms with Gasteiger partial charge in [-0.05, 0) is 25.7 Å². The van der Waals surface area contributed by atoms with E-state index >= 15 is 0 Å². The molecule has 0 aromatic carbocycles. The van der Waals surface area contributed by atoms with Crippen molar-refractivity contribution in [1.29, 1.82) is 0 Å². The molecule has 0 N–H and O–H groups in total. The quantitative estimate of drug-likeness (QED) is 0.494. The molecule has 0 spiro atoms. The monoisotopic (exact) mass is 186 g/mol. The Balaban J connectivity index is 2.45. The van der Waals surface area contributed by atoms with Gasteiger partial charge in [-0.1, -0.05) is 60.8 Å². The molecule has 1 rings (SSSR count). The lowest BCUT2D eigenvalue weighted by Crippen LogP contribution is -1.66. The minimum absolute atomic E-state index is 1.02. The van der Waals surface area contributed by atoms with Gasteiger partial charge in [-0.2, -0.15) is 0 Å². The van der Waals surface area contributed by atoms with E-state index < -0.39 is 0 Å². The second-order valence-electron chi connectivity index (χ2n) is 3.23. The van der Waals surface area contributed by atoms with Gasteiger partial charge in [-0.15, -0.1) is 0 Å². The normalized spacial score (nSPS) is 27.4. The highest BCUT2D eigenvalue weighted by Crippen LogP contribution is 1.97. The Morgan fingerprint density at radius 2 is 0.929 bits per heavy atom. The first-order valence-corrected chi connectivity index (χ1v) is 5.28. The van der Waals surface area contributed by atoms with Crippen LogP contribution in [0.4, 0.5) is 0 Å². The van der Waals surface area contributed by atoms with Gasteiger partial charge in [-0.25, -0.2) is 0 Å². The molecule has 0 atom stereocenters. The summed E-state index contributed by atoms with van der Waals surface area (Å²) in [6, 6.07) is 0. The van der Waals surface area contributed by atoms with Crippen LogP contribution in [0.15, 0.2) is 60.8 Å². The molecule has 1 aliphatic carbocycles. The molecule has 0 aromatic rings. The van der Waals surface area contributed by atoms with Gasteiger partial charge in [0.15, 0.2) is 0 Å². The van der Waals surface area contributed by atoms with E-state index in [1.54, 1.807) is 0 Å². The van der Waals surface area contributed by atoms with Gasteiger partial charge < -0.3 is 0 Å². The Hall–Kier alpha value is -1.30. The summed E-state index contributed by atoms with van der Waals surface area (Å²) >= 11 is 0. The van der Waals surface area contributed by atoms with Crippen molar-refractivity contribution < 1.29 is 0 Å². The maximum atomic E-state index is 2.24. The van der Waals surface area contributed by atoms with Gasteiger partial charge >= 0.3 is 0 Å². The summed E-state index contributed by atoms with van der Waals surface area (Å²) in [6.45, 7) is 0. The molecular weight excluding hydrogens is 168 g/mol. The number of hydrogen-bond acceptors (Lipinski definition) is 0. The van der Waals surface area contributed by atoms with Crippen LogP contribution in [0.25, 0.3) is 0 Å². The molecule has 0 aliphatic heterocycles. The van der Waals surface area contributed by atoms with Gasteiger partial charge in [0.05, 0.1) is 0 Å². The SMILES string of the molecule is C1=CCC/C=C/C=C\C/C=C\C=C\C1. The summed E-state index contributed by atoms with van der Waals surface area (Å²) in [6.07, 6.45) is 26.0. The van der Waals surface area contributed by atoms with Crippen LogP contribution in [0.5, 0.6) is 0 Å². The summed E-state index contributed by atoms with van der Waals surface area (Å²) in [5.74, 6) is 0. The Labute approximate surface area is 87.0 Å². The van der Waals surface area contributed by atoms with E-state index in [1.807, 2.05) is 0 Å². The average molecular weight is 186 g/mol. The smallest absolute Gasteiger partial charge is 0.0163 e. The van der Waals surface area contributed by atoms with Crippen LogP contribution in [0.1, 0.15) is 25.7 Å². The summed E-state index contributed by atoms with van der Waals surface area (Å²) in [5, 5.41) is 0. The third-order valence-electron chi connectivity index (χ3n) is 1.98. The van der Waals surface area contributed by atoms with E-state index in [4.69, 9.17) is 0 Å². The fourth-order valence-corrected chi connectivity index (χ4v) is 1.21. The van der Waals surface area contributed by atoms with Crippen LogP contribution in [-0.2, 0) is 0 Å². The third kappa shape index (κ3) is 6.24. The molecule has 0 unspecified atom stereocenters. The van der Waals surface area contributed by atoms with Gasteiger partial charge in [0, 0.05) is 0 Å². The topological polar surface area (TPSA) is 0 Å². The molecule has 74 valence electrons. The zero-order valence-corrected chi connectivity index (χ0v) is 8.60. The van der Waals surface area contributed by atoms with Crippen LogP contribution < -0.4 is 0 Å². The van der Waals surface area contributed by atoms with Gasteiger partial charge in [0.25, 0.3) is 0 Å². The van der Waals surface area contributed by atoms with Crippen LogP contribution in [0, 0.1) is 0 Å². The summed E-state index contributed by atoms with van der Waals surface area (Å²) < 4.78 is 0. The van der Waals surface area contributed by atoms with Crippen molar-refractivity contribution in [2.45, 2.75) is 25.7 Å². The molecule has 14 heavy (non-hydrogen) atoms. The lowest BCUT2D eigenvalue weighted by Gasteiger charge is -1.87. The van der Waals surface area contributed by atoms with Crippen molar-refractivity contribution in [2.75, 3.05) is 0 Å². The molecule has 0 aromatic heterocycles. The summed E-state index contributed by atoms with van der Waals surface area (Å²) in [7, 11) is 0. The molecule has 0 amide bonds. The highest BCUT2D eigenvalue weighted by atomic mass is 13.8. The van der Waals surface area contributed by atoms with Crippen molar-refractivity contribution in [3.05, 3.63) is 60.8 Å². The van der Waals surface area contributed by atoms with E-state index in [2.05, 4.69) is 60.8 Å². The lowest BCUT2D eigenvalue weighted by atomic mass is 10.2. The first kappa shape index (κ1) is 10.8. The first-order chi connectivity index (χ1) is 7.00. The van der Waals surface area contributed by atoms with E-state index in [0.717, 1.165) is 25.7 Å². The number of rotatable bonds is 0. The van der Waals surface area contributed by atoms with E-state index in [1.165, 1.54) is 0 Å². The largest absolute Gasteiger partial charge is 0.0879 e. The zero-order chi connectivity index (χ0) is 9.90. The van der Waals surface area contributed by atoms with Crippen molar-refractivity contribution >= 4 is 0 Å². The first-order valence-electron chi connectivity index (χ1n) is 5.28. The molecule has 0 heteroatoms. The highest BCUT2D eigenvalue weighted by Gasteiger charge is 1.76. The van der Waals surface area contributed by atoms with Crippen molar-refractivity contribution in [1.82, 2.24) is 0 Å². The minimum atomic E-state index is 1.02. The lowest BCUT2D eigenvalue weighted by molar-refractivity contribution is 1.04. The fourth-order valence-electron chi connectivity index (χ4n) is 1.21. The van der Waals surface area contributed by atoms with E-state index in [9.17, 15) is 0 Å². The van der Waals surface area contributed by atoms with Crippen molar-refractivity contribution in [3.8, 4) is 0 Å². The average Bonchev–Trinajstić information content (AvgIpc) is 2.22. The predicted octanol–water partition coefficient (Wildman–Crippen LogP) is 4.34. The Morgan fingerprint density at radius 3 is 1.64 bits per heavy atom. The number of allylic oxidation sites excluding steroid dienone is 10.